The second-order valence-electron chi connectivity index (χ2n) is 5.23. The van der Waals surface area contributed by atoms with E-state index in [0.717, 1.165) is 45.4 Å². The van der Waals surface area contributed by atoms with Gasteiger partial charge in [-0.05, 0) is 85.9 Å². The molecule has 0 radical (unpaired) electrons. The number of hydrogen-bond donors (Lipinski definition) is 0. The highest BCUT2D eigenvalue weighted by molar-refractivity contribution is 9.11. The van der Waals surface area contributed by atoms with Crippen LogP contribution < -0.4 is 4.74 Å². The molecule has 0 atom stereocenters. The smallest absolute Gasteiger partial charge is 0.213 e. The molecule has 1 aliphatic rings. The first-order chi connectivity index (χ1) is 11.0. The lowest BCUT2D eigenvalue weighted by Gasteiger charge is -2.28. The van der Waals surface area contributed by atoms with Crippen molar-refractivity contribution in [1.82, 2.24) is 14.9 Å². The lowest BCUT2D eigenvalue weighted by atomic mass is 10.1. The third-order valence-corrected chi connectivity index (χ3v) is 4.75. The van der Waals surface area contributed by atoms with Gasteiger partial charge in [-0.25, -0.2) is 9.97 Å². The molecule has 1 aliphatic heterocycles. The zero-order valence-corrected chi connectivity index (χ0v) is 17.5. The first kappa shape index (κ1) is 18.8. The molecule has 0 aromatic carbocycles. The van der Waals surface area contributed by atoms with Crippen LogP contribution in [0.3, 0.4) is 0 Å². The van der Waals surface area contributed by atoms with E-state index in [1.807, 2.05) is 24.3 Å². The van der Waals surface area contributed by atoms with Gasteiger partial charge in [-0.3, -0.25) is 0 Å². The van der Waals surface area contributed by atoms with Gasteiger partial charge in [0.25, 0.3) is 0 Å². The van der Waals surface area contributed by atoms with Crippen molar-refractivity contribution in [2.75, 3.05) is 20.1 Å². The molecule has 0 aliphatic carbocycles. The summed E-state index contributed by atoms with van der Waals surface area (Å²) in [7, 11) is 2.15. The molecule has 0 N–H and O–H groups in total. The van der Waals surface area contributed by atoms with Crippen molar-refractivity contribution in [3.63, 3.8) is 0 Å². The van der Waals surface area contributed by atoms with E-state index in [1.165, 1.54) is 0 Å². The van der Waals surface area contributed by atoms with Crippen LogP contribution >= 0.6 is 47.8 Å². The van der Waals surface area contributed by atoms with Gasteiger partial charge in [0.15, 0.2) is 0 Å². The maximum Gasteiger partial charge on any atom is 0.213 e. The molecule has 2 aromatic heterocycles. The number of hydrogen-bond acceptors (Lipinski definition) is 4. The SMILES string of the molecule is Brc1ccc(Br)nc1.CN1CCC(Oc2ccc(Br)cn2)CC1. The molecule has 0 saturated carbocycles. The van der Waals surface area contributed by atoms with Crippen molar-refractivity contribution in [3.05, 3.63) is 50.2 Å². The van der Waals surface area contributed by atoms with E-state index in [2.05, 4.69) is 69.7 Å². The van der Waals surface area contributed by atoms with Crippen LogP contribution in [-0.2, 0) is 0 Å². The van der Waals surface area contributed by atoms with E-state index < -0.39 is 0 Å². The average molecular weight is 508 g/mol. The average Bonchev–Trinajstić information content (AvgIpc) is 2.55. The van der Waals surface area contributed by atoms with Gasteiger partial charge in [0.1, 0.15) is 10.7 Å². The van der Waals surface area contributed by atoms with Crippen LogP contribution in [0.25, 0.3) is 0 Å². The summed E-state index contributed by atoms with van der Waals surface area (Å²) in [4.78, 5) is 10.5. The van der Waals surface area contributed by atoms with Crippen molar-refractivity contribution in [2.24, 2.45) is 0 Å². The van der Waals surface area contributed by atoms with Crippen LogP contribution in [0.2, 0.25) is 0 Å². The van der Waals surface area contributed by atoms with E-state index in [-0.39, 0.29) is 0 Å². The number of likely N-dealkylation sites (tertiary alicyclic amines) is 1. The van der Waals surface area contributed by atoms with Crippen molar-refractivity contribution in [2.45, 2.75) is 18.9 Å². The predicted octanol–water partition coefficient (Wildman–Crippen LogP) is 4.92. The number of halogens is 3. The van der Waals surface area contributed by atoms with Crippen molar-refractivity contribution >= 4 is 47.8 Å². The number of ether oxygens (including phenoxy) is 1. The maximum absolute atomic E-state index is 5.80. The van der Waals surface area contributed by atoms with Crippen molar-refractivity contribution in [1.29, 1.82) is 0 Å². The Bertz CT molecular complexity index is 564. The Labute approximate surface area is 162 Å². The summed E-state index contributed by atoms with van der Waals surface area (Å²) in [6.07, 6.45) is 6.02. The molecule has 2 aromatic rings. The fourth-order valence-corrected chi connectivity index (χ4v) is 2.77. The third-order valence-electron chi connectivity index (χ3n) is 3.34. The number of piperidine rings is 1. The molecule has 3 heterocycles. The van der Waals surface area contributed by atoms with Gasteiger partial charge in [0.05, 0.1) is 0 Å². The zero-order chi connectivity index (χ0) is 16.7. The van der Waals surface area contributed by atoms with Gasteiger partial charge in [0.2, 0.25) is 5.88 Å². The fraction of sp³-hybridized carbons (Fsp3) is 0.375. The Morgan fingerprint density at radius 1 is 0.957 bits per heavy atom. The Morgan fingerprint density at radius 3 is 2.04 bits per heavy atom. The Kier molecular flexibility index (Phi) is 7.95. The lowest BCUT2D eigenvalue weighted by Crippen LogP contribution is -2.35. The van der Waals surface area contributed by atoms with Crippen LogP contribution in [-0.4, -0.2) is 41.1 Å². The molecule has 3 rings (SSSR count). The van der Waals surface area contributed by atoms with Gasteiger partial charge in [-0.2, -0.15) is 0 Å². The molecule has 4 nitrogen and oxygen atoms in total. The van der Waals surface area contributed by atoms with Crippen LogP contribution in [0, 0.1) is 0 Å². The van der Waals surface area contributed by atoms with E-state index in [0.29, 0.717) is 6.10 Å². The van der Waals surface area contributed by atoms with Crippen LogP contribution in [0.4, 0.5) is 0 Å². The van der Waals surface area contributed by atoms with Gasteiger partial charge >= 0.3 is 0 Å². The lowest BCUT2D eigenvalue weighted by molar-refractivity contribution is 0.110. The van der Waals surface area contributed by atoms with E-state index in [4.69, 9.17) is 4.74 Å². The monoisotopic (exact) mass is 505 g/mol. The summed E-state index contributed by atoms with van der Waals surface area (Å²) in [5, 5.41) is 0. The molecule has 7 heteroatoms. The molecule has 1 saturated heterocycles. The summed E-state index contributed by atoms with van der Waals surface area (Å²) >= 11 is 9.83. The van der Waals surface area contributed by atoms with Gasteiger partial charge < -0.3 is 9.64 Å². The van der Waals surface area contributed by atoms with E-state index in [9.17, 15) is 0 Å². The Hall–Kier alpha value is -0.500. The second-order valence-corrected chi connectivity index (χ2v) is 7.88. The minimum absolute atomic E-state index is 0.329. The summed E-state index contributed by atoms with van der Waals surface area (Å²) in [6.45, 7) is 2.22. The zero-order valence-electron chi connectivity index (χ0n) is 12.8. The second kappa shape index (κ2) is 9.71. The quantitative estimate of drug-likeness (QED) is 0.541. The molecule has 0 amide bonds. The van der Waals surface area contributed by atoms with Gasteiger partial charge in [-0.1, -0.05) is 0 Å². The first-order valence-corrected chi connectivity index (χ1v) is 9.64. The van der Waals surface area contributed by atoms with Crippen LogP contribution in [0.5, 0.6) is 5.88 Å². The number of nitrogens with zero attached hydrogens (tertiary/aromatic N) is 3. The number of rotatable bonds is 2. The molecule has 124 valence electrons. The van der Waals surface area contributed by atoms with E-state index in [1.54, 1.807) is 12.4 Å². The number of pyridine rings is 2. The Morgan fingerprint density at radius 2 is 1.57 bits per heavy atom. The summed E-state index contributed by atoms with van der Waals surface area (Å²) in [5.41, 5.74) is 0. The fourth-order valence-electron chi connectivity index (χ4n) is 2.06. The third kappa shape index (κ3) is 7.28. The molecule has 0 bridgehead atoms. The van der Waals surface area contributed by atoms with Crippen LogP contribution in [0.1, 0.15) is 12.8 Å². The molecular weight excluding hydrogens is 490 g/mol. The van der Waals surface area contributed by atoms with E-state index >= 15 is 0 Å². The Balaban J connectivity index is 0.000000203. The highest BCUT2D eigenvalue weighted by atomic mass is 79.9. The van der Waals surface area contributed by atoms with Gasteiger partial charge in [-0.15, -0.1) is 0 Å². The molecule has 1 fully saturated rings. The largest absolute Gasteiger partial charge is 0.474 e. The molecule has 0 spiro atoms. The molecular formula is C16H18Br3N3O. The summed E-state index contributed by atoms with van der Waals surface area (Å²) < 4.78 is 8.65. The minimum Gasteiger partial charge on any atom is -0.474 e. The molecule has 0 unspecified atom stereocenters. The summed E-state index contributed by atoms with van der Waals surface area (Å²) in [6, 6.07) is 7.67. The molecule has 23 heavy (non-hydrogen) atoms. The number of aromatic nitrogens is 2. The minimum atomic E-state index is 0.329. The van der Waals surface area contributed by atoms with Crippen molar-refractivity contribution < 1.29 is 4.74 Å². The predicted molar refractivity (Wildman–Crippen MR) is 103 cm³/mol. The highest BCUT2D eigenvalue weighted by Gasteiger charge is 2.18. The standard InChI is InChI=1S/C11H15BrN2O.C5H3Br2N/c1-14-6-4-10(5-7-14)15-11-3-2-9(12)8-13-11;6-4-1-2-5(7)8-3-4/h2-3,8,10H,4-7H2,1H3;1-3H. The topological polar surface area (TPSA) is 38.2 Å². The van der Waals surface area contributed by atoms with Gasteiger partial charge in [0, 0.05) is 40.5 Å². The maximum atomic E-state index is 5.80. The highest BCUT2D eigenvalue weighted by Crippen LogP contribution is 2.18. The normalized spacial score (nSPS) is 15.7. The van der Waals surface area contributed by atoms with Crippen molar-refractivity contribution in [3.8, 4) is 5.88 Å². The summed E-state index contributed by atoms with van der Waals surface area (Å²) in [5.74, 6) is 0.729. The van der Waals surface area contributed by atoms with Crippen LogP contribution in [0.15, 0.2) is 50.2 Å². The first-order valence-electron chi connectivity index (χ1n) is 7.27.